The van der Waals surface area contributed by atoms with Gasteiger partial charge < -0.3 is 9.72 Å². The zero-order chi connectivity index (χ0) is 15.0. The molecule has 0 saturated heterocycles. The van der Waals surface area contributed by atoms with Gasteiger partial charge in [0.05, 0.1) is 6.61 Å². The van der Waals surface area contributed by atoms with Crippen molar-refractivity contribution in [2.24, 2.45) is 0 Å². The second-order valence-electron chi connectivity index (χ2n) is 5.26. The Hall–Kier alpha value is -2.31. The predicted octanol–water partition coefficient (Wildman–Crippen LogP) is 1.15. The fourth-order valence-electron chi connectivity index (χ4n) is 2.94. The maximum absolute atomic E-state index is 12.1. The first kappa shape index (κ1) is 13.7. The molecule has 0 bridgehead atoms. The third kappa shape index (κ3) is 2.28. The minimum atomic E-state index is -0.722. The van der Waals surface area contributed by atoms with Gasteiger partial charge in [0.25, 0.3) is 11.1 Å². The van der Waals surface area contributed by atoms with Crippen LogP contribution in [0.15, 0.2) is 15.7 Å². The highest BCUT2D eigenvalue weighted by Gasteiger charge is 2.23. The number of fused-ring (bicyclic) bond motifs is 1. The summed E-state index contributed by atoms with van der Waals surface area (Å²) >= 11 is 0. The molecule has 21 heavy (non-hydrogen) atoms. The van der Waals surface area contributed by atoms with Gasteiger partial charge in [-0.15, -0.1) is 0 Å². The SMILES string of the molecule is CCOC(=O)c1c(=O)[nH]n2c(=O)cc(C3CCCC3)[nH]c12. The molecule has 7 nitrogen and oxygen atoms in total. The molecule has 1 aliphatic carbocycles. The minimum absolute atomic E-state index is 0.145. The Morgan fingerprint density at radius 3 is 2.76 bits per heavy atom. The smallest absolute Gasteiger partial charge is 0.347 e. The van der Waals surface area contributed by atoms with Crippen LogP contribution < -0.4 is 11.1 Å². The number of aromatic amines is 2. The lowest BCUT2D eigenvalue weighted by Crippen LogP contribution is -2.17. The summed E-state index contributed by atoms with van der Waals surface area (Å²) in [5.41, 5.74) is -0.146. The van der Waals surface area contributed by atoms with Crippen LogP contribution in [-0.2, 0) is 4.74 Å². The molecule has 0 aromatic carbocycles. The Bertz CT molecular complexity index is 793. The molecule has 2 N–H and O–H groups in total. The number of hydrogen-bond donors (Lipinski definition) is 2. The number of nitrogens with one attached hydrogen (secondary N) is 2. The van der Waals surface area contributed by atoms with Crippen LogP contribution in [0.3, 0.4) is 0 Å². The van der Waals surface area contributed by atoms with E-state index in [-0.39, 0.29) is 29.3 Å². The maximum atomic E-state index is 12.1. The topological polar surface area (TPSA) is 96.4 Å². The average Bonchev–Trinajstić information content (AvgIpc) is 3.06. The third-order valence-electron chi connectivity index (χ3n) is 3.94. The quantitative estimate of drug-likeness (QED) is 0.829. The normalized spacial score (nSPS) is 15.7. The van der Waals surface area contributed by atoms with Crippen LogP contribution in [0.2, 0.25) is 0 Å². The summed E-state index contributed by atoms with van der Waals surface area (Å²) in [6.45, 7) is 1.83. The van der Waals surface area contributed by atoms with Gasteiger partial charge in [-0.3, -0.25) is 14.7 Å². The van der Waals surface area contributed by atoms with Crippen molar-refractivity contribution in [3.8, 4) is 0 Å². The molecular formula is C14H17N3O4. The van der Waals surface area contributed by atoms with Crippen LogP contribution in [0.4, 0.5) is 0 Å². The highest BCUT2D eigenvalue weighted by Crippen LogP contribution is 2.32. The first-order chi connectivity index (χ1) is 10.1. The molecule has 0 atom stereocenters. The van der Waals surface area contributed by atoms with Crippen LogP contribution in [0.1, 0.15) is 54.6 Å². The molecule has 0 spiro atoms. The lowest BCUT2D eigenvalue weighted by atomic mass is 10.0. The van der Waals surface area contributed by atoms with Crippen LogP contribution >= 0.6 is 0 Å². The van der Waals surface area contributed by atoms with Gasteiger partial charge in [0, 0.05) is 11.8 Å². The van der Waals surface area contributed by atoms with E-state index in [1.54, 1.807) is 6.92 Å². The number of aromatic nitrogens is 3. The Labute approximate surface area is 119 Å². The first-order valence-electron chi connectivity index (χ1n) is 7.17. The number of esters is 1. The largest absolute Gasteiger partial charge is 0.462 e. The number of ether oxygens (including phenoxy) is 1. The van der Waals surface area contributed by atoms with Crippen molar-refractivity contribution in [3.05, 3.63) is 38.0 Å². The lowest BCUT2D eigenvalue weighted by Gasteiger charge is -2.09. The van der Waals surface area contributed by atoms with Crippen molar-refractivity contribution in [2.45, 2.75) is 38.5 Å². The molecule has 2 aromatic heterocycles. The van der Waals surface area contributed by atoms with Gasteiger partial charge in [-0.05, 0) is 25.7 Å². The van der Waals surface area contributed by atoms with Gasteiger partial charge in [-0.25, -0.2) is 4.79 Å². The van der Waals surface area contributed by atoms with E-state index in [1.165, 1.54) is 6.07 Å². The molecule has 0 amide bonds. The van der Waals surface area contributed by atoms with Gasteiger partial charge in [0.1, 0.15) is 0 Å². The zero-order valence-corrected chi connectivity index (χ0v) is 11.8. The van der Waals surface area contributed by atoms with E-state index in [2.05, 4.69) is 10.1 Å². The van der Waals surface area contributed by atoms with Gasteiger partial charge in [0.15, 0.2) is 11.2 Å². The molecule has 0 radical (unpaired) electrons. The summed E-state index contributed by atoms with van der Waals surface area (Å²) in [6.07, 6.45) is 4.27. The van der Waals surface area contributed by atoms with Gasteiger partial charge in [-0.2, -0.15) is 4.52 Å². The Morgan fingerprint density at radius 2 is 2.10 bits per heavy atom. The lowest BCUT2D eigenvalue weighted by molar-refractivity contribution is 0.0527. The number of hydrogen-bond acceptors (Lipinski definition) is 4. The zero-order valence-electron chi connectivity index (χ0n) is 11.8. The third-order valence-corrected chi connectivity index (χ3v) is 3.94. The standard InChI is InChI=1S/C14H17N3O4/c1-2-21-14(20)11-12-15-9(8-5-3-4-6-8)7-10(18)17(12)16-13(11)19/h7-8,15H,2-6H2,1H3,(H,16,19). The maximum Gasteiger partial charge on any atom is 0.347 e. The van der Waals surface area contributed by atoms with Gasteiger partial charge in [-0.1, -0.05) is 12.8 Å². The van der Waals surface area contributed by atoms with Crippen LogP contribution in [0.5, 0.6) is 0 Å². The highest BCUT2D eigenvalue weighted by atomic mass is 16.5. The second kappa shape index (κ2) is 5.23. The number of carbonyl (C=O) groups is 1. The Kier molecular flexibility index (Phi) is 3.40. The summed E-state index contributed by atoms with van der Waals surface area (Å²) in [6, 6.07) is 1.49. The molecular weight excluding hydrogens is 274 g/mol. The molecule has 2 aromatic rings. The number of carbonyl (C=O) groups excluding carboxylic acids is 1. The molecule has 0 aliphatic heterocycles. The number of H-pyrrole nitrogens is 2. The molecule has 3 rings (SSSR count). The average molecular weight is 291 g/mol. The fourth-order valence-corrected chi connectivity index (χ4v) is 2.94. The van der Waals surface area contributed by atoms with E-state index in [1.807, 2.05) is 0 Å². The van der Waals surface area contributed by atoms with Crippen molar-refractivity contribution >= 4 is 11.6 Å². The Morgan fingerprint density at radius 1 is 1.38 bits per heavy atom. The van der Waals surface area contributed by atoms with Crippen molar-refractivity contribution in [1.82, 2.24) is 14.6 Å². The molecule has 0 unspecified atom stereocenters. The highest BCUT2D eigenvalue weighted by molar-refractivity contribution is 5.95. The van der Waals surface area contributed by atoms with E-state index >= 15 is 0 Å². The fraction of sp³-hybridized carbons (Fsp3) is 0.500. The summed E-state index contributed by atoms with van der Waals surface area (Å²) < 4.78 is 5.95. The van der Waals surface area contributed by atoms with E-state index in [0.29, 0.717) is 0 Å². The molecule has 1 saturated carbocycles. The van der Waals surface area contributed by atoms with E-state index in [4.69, 9.17) is 4.74 Å². The number of nitrogens with zero attached hydrogens (tertiary/aromatic N) is 1. The Balaban J connectivity index is 2.19. The summed E-state index contributed by atoms with van der Waals surface area (Å²) in [7, 11) is 0. The monoisotopic (exact) mass is 291 g/mol. The molecule has 1 fully saturated rings. The molecule has 2 heterocycles. The predicted molar refractivity (Wildman–Crippen MR) is 75.8 cm³/mol. The van der Waals surface area contributed by atoms with E-state index in [9.17, 15) is 14.4 Å². The van der Waals surface area contributed by atoms with E-state index < -0.39 is 11.5 Å². The van der Waals surface area contributed by atoms with Crippen LogP contribution in [0.25, 0.3) is 5.65 Å². The van der Waals surface area contributed by atoms with Crippen LogP contribution in [-0.4, -0.2) is 27.2 Å². The van der Waals surface area contributed by atoms with Crippen molar-refractivity contribution in [2.75, 3.05) is 6.61 Å². The summed E-state index contributed by atoms with van der Waals surface area (Å²) in [5.74, 6) is -0.441. The molecule has 1 aliphatic rings. The second-order valence-corrected chi connectivity index (χ2v) is 5.26. The van der Waals surface area contributed by atoms with E-state index in [0.717, 1.165) is 35.9 Å². The first-order valence-corrected chi connectivity index (χ1v) is 7.17. The van der Waals surface area contributed by atoms with Crippen molar-refractivity contribution in [1.29, 1.82) is 0 Å². The van der Waals surface area contributed by atoms with Crippen molar-refractivity contribution in [3.63, 3.8) is 0 Å². The summed E-state index contributed by atoms with van der Waals surface area (Å²) in [4.78, 5) is 39.0. The molecule has 112 valence electrons. The van der Waals surface area contributed by atoms with Crippen molar-refractivity contribution < 1.29 is 9.53 Å². The van der Waals surface area contributed by atoms with Gasteiger partial charge in [0.2, 0.25) is 0 Å². The number of rotatable bonds is 3. The summed E-state index contributed by atoms with van der Waals surface area (Å²) in [5, 5.41) is 2.37. The van der Waals surface area contributed by atoms with Gasteiger partial charge >= 0.3 is 5.97 Å². The molecule has 7 heteroatoms. The minimum Gasteiger partial charge on any atom is -0.462 e. The van der Waals surface area contributed by atoms with Crippen LogP contribution in [0, 0.1) is 0 Å².